The summed E-state index contributed by atoms with van der Waals surface area (Å²) in [5.74, 6) is 1.71. The van der Waals surface area contributed by atoms with Crippen molar-refractivity contribution in [3.8, 4) is 0 Å². The van der Waals surface area contributed by atoms with Crippen LogP contribution >= 0.6 is 23.4 Å². The minimum atomic E-state index is 0.193. The maximum absolute atomic E-state index is 5.91. The summed E-state index contributed by atoms with van der Waals surface area (Å²) >= 11 is 7.80. The van der Waals surface area contributed by atoms with Crippen molar-refractivity contribution in [1.29, 1.82) is 0 Å². The van der Waals surface area contributed by atoms with Crippen LogP contribution in [0.15, 0.2) is 18.2 Å². The molecule has 1 aromatic carbocycles. The van der Waals surface area contributed by atoms with E-state index in [0.717, 1.165) is 24.3 Å². The van der Waals surface area contributed by atoms with E-state index in [1.807, 2.05) is 11.8 Å². The summed E-state index contributed by atoms with van der Waals surface area (Å²) in [5.41, 5.74) is 3.57. The highest BCUT2D eigenvalue weighted by atomic mass is 35.5. The molecular formula is C15H21ClN2S. The zero-order chi connectivity index (χ0) is 14.0. The standard InChI is InChI=1S/C15H21ClN2S/c1-11-5-6-12-13(9-11)18(10-15(2,3)19-4)14(17-12)7-8-16/h5-6,9H,7-8,10H2,1-4H3. The lowest BCUT2D eigenvalue weighted by molar-refractivity contribution is 0.561. The van der Waals surface area contributed by atoms with Gasteiger partial charge in [0.1, 0.15) is 5.82 Å². The van der Waals surface area contributed by atoms with Gasteiger partial charge in [0.2, 0.25) is 0 Å². The van der Waals surface area contributed by atoms with Crippen LogP contribution in [0.5, 0.6) is 0 Å². The van der Waals surface area contributed by atoms with Gasteiger partial charge in [0.15, 0.2) is 0 Å². The molecule has 0 aliphatic heterocycles. The van der Waals surface area contributed by atoms with E-state index in [1.165, 1.54) is 11.1 Å². The molecule has 1 aromatic heterocycles. The van der Waals surface area contributed by atoms with Crippen molar-refractivity contribution < 1.29 is 0 Å². The first-order valence-corrected chi connectivity index (χ1v) is 8.29. The van der Waals surface area contributed by atoms with Gasteiger partial charge >= 0.3 is 0 Å². The number of thioether (sulfide) groups is 1. The molecule has 0 saturated heterocycles. The van der Waals surface area contributed by atoms with Crippen LogP contribution in [0.2, 0.25) is 0 Å². The third-order valence-electron chi connectivity index (χ3n) is 3.39. The smallest absolute Gasteiger partial charge is 0.111 e. The number of alkyl halides is 1. The first kappa shape index (κ1) is 14.7. The van der Waals surface area contributed by atoms with Crippen molar-refractivity contribution in [2.45, 2.75) is 38.5 Å². The minimum Gasteiger partial charge on any atom is -0.327 e. The average Bonchev–Trinajstić information content (AvgIpc) is 2.68. The number of imidazole rings is 1. The first-order chi connectivity index (χ1) is 8.96. The Morgan fingerprint density at radius 2 is 2.11 bits per heavy atom. The molecule has 0 aliphatic rings. The molecule has 19 heavy (non-hydrogen) atoms. The summed E-state index contributed by atoms with van der Waals surface area (Å²) in [6.45, 7) is 7.62. The van der Waals surface area contributed by atoms with Crippen molar-refractivity contribution >= 4 is 34.4 Å². The van der Waals surface area contributed by atoms with Crippen molar-refractivity contribution in [3.63, 3.8) is 0 Å². The fourth-order valence-electron chi connectivity index (χ4n) is 2.18. The van der Waals surface area contributed by atoms with Gasteiger partial charge in [-0.3, -0.25) is 0 Å². The second-order valence-electron chi connectivity index (χ2n) is 5.51. The normalized spacial score (nSPS) is 12.3. The molecule has 0 unspecified atom stereocenters. The second kappa shape index (κ2) is 5.76. The van der Waals surface area contributed by atoms with Crippen LogP contribution in [0.1, 0.15) is 25.2 Å². The molecule has 104 valence electrons. The summed E-state index contributed by atoms with van der Waals surface area (Å²) in [5, 5.41) is 0. The van der Waals surface area contributed by atoms with E-state index in [2.05, 4.69) is 49.8 Å². The number of benzene rings is 1. The Bertz CT molecular complexity index is 575. The number of rotatable bonds is 5. The first-order valence-electron chi connectivity index (χ1n) is 6.54. The highest BCUT2D eigenvalue weighted by molar-refractivity contribution is 7.99. The van der Waals surface area contributed by atoms with E-state index in [0.29, 0.717) is 5.88 Å². The Morgan fingerprint density at radius 3 is 2.74 bits per heavy atom. The summed E-state index contributed by atoms with van der Waals surface area (Å²) in [4.78, 5) is 4.73. The summed E-state index contributed by atoms with van der Waals surface area (Å²) in [6, 6.07) is 6.44. The fourth-order valence-corrected chi connectivity index (χ4v) is 2.61. The molecule has 0 saturated carbocycles. The molecule has 1 heterocycles. The summed E-state index contributed by atoms with van der Waals surface area (Å²) < 4.78 is 2.53. The highest BCUT2D eigenvalue weighted by Gasteiger charge is 2.20. The number of nitrogens with zero attached hydrogens (tertiary/aromatic N) is 2. The van der Waals surface area contributed by atoms with E-state index < -0.39 is 0 Å². The van der Waals surface area contributed by atoms with Gasteiger partial charge in [-0.15, -0.1) is 11.6 Å². The van der Waals surface area contributed by atoms with Crippen LogP contribution < -0.4 is 0 Å². The quantitative estimate of drug-likeness (QED) is 0.767. The lowest BCUT2D eigenvalue weighted by Crippen LogP contribution is -2.23. The zero-order valence-electron chi connectivity index (χ0n) is 12.0. The van der Waals surface area contributed by atoms with Crippen LogP contribution in [0, 0.1) is 6.92 Å². The molecular weight excluding hydrogens is 276 g/mol. The second-order valence-corrected chi connectivity index (χ2v) is 7.40. The predicted octanol–water partition coefficient (Wildman–Crippen LogP) is 4.27. The van der Waals surface area contributed by atoms with E-state index in [1.54, 1.807) is 0 Å². The maximum atomic E-state index is 5.91. The Hall–Kier alpha value is -0.670. The Balaban J connectivity index is 2.53. The van der Waals surface area contributed by atoms with Crippen LogP contribution in [-0.4, -0.2) is 26.4 Å². The summed E-state index contributed by atoms with van der Waals surface area (Å²) in [7, 11) is 0. The van der Waals surface area contributed by atoms with Gasteiger partial charge in [-0.25, -0.2) is 4.98 Å². The number of halogens is 1. The molecule has 0 N–H and O–H groups in total. The average molecular weight is 297 g/mol. The number of fused-ring (bicyclic) bond motifs is 1. The molecule has 2 nitrogen and oxygen atoms in total. The fraction of sp³-hybridized carbons (Fsp3) is 0.533. The molecule has 0 atom stereocenters. The van der Waals surface area contributed by atoms with Gasteiger partial charge < -0.3 is 4.57 Å². The molecule has 0 radical (unpaired) electrons. The third-order valence-corrected chi connectivity index (χ3v) is 4.82. The Morgan fingerprint density at radius 1 is 1.37 bits per heavy atom. The topological polar surface area (TPSA) is 17.8 Å². The molecule has 2 rings (SSSR count). The monoisotopic (exact) mass is 296 g/mol. The van der Waals surface area contributed by atoms with Gasteiger partial charge in [-0.2, -0.15) is 11.8 Å². The van der Waals surface area contributed by atoms with E-state index >= 15 is 0 Å². The molecule has 4 heteroatoms. The maximum Gasteiger partial charge on any atom is 0.111 e. The molecule has 0 amide bonds. The van der Waals surface area contributed by atoms with Gasteiger partial charge in [0, 0.05) is 23.6 Å². The van der Waals surface area contributed by atoms with Crippen molar-refractivity contribution in [2.24, 2.45) is 0 Å². The van der Waals surface area contributed by atoms with Crippen molar-refractivity contribution in [2.75, 3.05) is 12.1 Å². The zero-order valence-corrected chi connectivity index (χ0v) is 13.6. The lowest BCUT2D eigenvalue weighted by atomic mass is 10.2. The van der Waals surface area contributed by atoms with Crippen LogP contribution in [0.3, 0.4) is 0 Å². The lowest BCUT2D eigenvalue weighted by Gasteiger charge is -2.24. The number of aryl methyl sites for hydroxylation is 2. The number of hydrogen-bond donors (Lipinski definition) is 0. The van der Waals surface area contributed by atoms with Gasteiger partial charge in [-0.05, 0) is 44.7 Å². The SMILES string of the molecule is CSC(C)(C)Cn1c(CCCl)nc2ccc(C)cc21. The van der Waals surface area contributed by atoms with Crippen molar-refractivity contribution in [3.05, 3.63) is 29.6 Å². The Labute approximate surface area is 124 Å². The number of hydrogen-bond acceptors (Lipinski definition) is 2. The molecule has 0 spiro atoms. The van der Waals surface area contributed by atoms with Gasteiger partial charge in [0.05, 0.1) is 11.0 Å². The minimum absolute atomic E-state index is 0.193. The van der Waals surface area contributed by atoms with E-state index in [-0.39, 0.29) is 4.75 Å². The molecule has 2 aromatic rings. The molecule has 0 bridgehead atoms. The van der Waals surface area contributed by atoms with Crippen LogP contribution in [0.4, 0.5) is 0 Å². The predicted molar refractivity (Wildman–Crippen MR) is 86.5 cm³/mol. The third kappa shape index (κ3) is 3.26. The van der Waals surface area contributed by atoms with Gasteiger partial charge in [-0.1, -0.05) is 6.07 Å². The molecule has 0 fully saturated rings. The Kier molecular flexibility index (Phi) is 4.46. The van der Waals surface area contributed by atoms with Gasteiger partial charge in [0.25, 0.3) is 0 Å². The van der Waals surface area contributed by atoms with Crippen molar-refractivity contribution in [1.82, 2.24) is 9.55 Å². The van der Waals surface area contributed by atoms with Crippen LogP contribution in [-0.2, 0) is 13.0 Å². The summed E-state index contributed by atoms with van der Waals surface area (Å²) in [6.07, 6.45) is 2.98. The van der Waals surface area contributed by atoms with E-state index in [9.17, 15) is 0 Å². The largest absolute Gasteiger partial charge is 0.327 e. The molecule has 0 aliphatic carbocycles. The highest BCUT2D eigenvalue weighted by Crippen LogP contribution is 2.27. The van der Waals surface area contributed by atoms with Crippen LogP contribution in [0.25, 0.3) is 11.0 Å². The van der Waals surface area contributed by atoms with E-state index in [4.69, 9.17) is 16.6 Å². The number of aromatic nitrogens is 2.